The van der Waals surface area contributed by atoms with E-state index in [2.05, 4.69) is 155 Å². The standard InChI is InChI=1S/C51H34N4O2/c1-3-14-31(15-4-1)49-52-50(32-16-5-2-6-17-32)54-51(53-49)41-24-12-23-40-46-37(20-13-27-44(46)56-48(40)41)39-22-11-21-38-36-29-28-33(30-45(36)57-47(38)39)55-42-25-9-7-18-34(42)35-19-8-10-26-43(35)55/h1-11,13-23,25-30,49H,12,24H2,(H,52,53,54). The van der Waals surface area contributed by atoms with E-state index in [9.17, 15) is 0 Å². The average Bonchev–Trinajstić information content (AvgIpc) is 3.96. The van der Waals surface area contributed by atoms with Gasteiger partial charge >= 0.3 is 0 Å². The fourth-order valence-electron chi connectivity index (χ4n) is 8.98. The third-order valence-corrected chi connectivity index (χ3v) is 11.6. The molecular weight excluding hydrogens is 701 g/mol. The molecule has 3 aromatic heterocycles. The van der Waals surface area contributed by atoms with Gasteiger partial charge in [-0.25, -0.2) is 9.98 Å². The summed E-state index contributed by atoms with van der Waals surface area (Å²) in [6.07, 6.45) is 3.66. The zero-order valence-electron chi connectivity index (χ0n) is 30.8. The van der Waals surface area contributed by atoms with Crippen LogP contribution in [0.1, 0.15) is 30.1 Å². The zero-order valence-corrected chi connectivity index (χ0v) is 30.8. The van der Waals surface area contributed by atoms with Crippen LogP contribution in [0.4, 0.5) is 0 Å². The summed E-state index contributed by atoms with van der Waals surface area (Å²) in [7, 11) is 0. The van der Waals surface area contributed by atoms with Gasteiger partial charge in [0.2, 0.25) is 0 Å². The summed E-state index contributed by atoms with van der Waals surface area (Å²) in [4.78, 5) is 10.4. The predicted octanol–water partition coefficient (Wildman–Crippen LogP) is 11.0. The number of nitrogens with zero attached hydrogens (tertiary/aromatic N) is 3. The van der Waals surface area contributed by atoms with E-state index in [0.717, 1.165) is 95.7 Å². The summed E-state index contributed by atoms with van der Waals surface area (Å²) in [5.74, 6) is 1.50. The van der Waals surface area contributed by atoms with Gasteiger partial charge in [-0.2, -0.15) is 0 Å². The van der Waals surface area contributed by atoms with Gasteiger partial charge in [0.1, 0.15) is 34.2 Å². The van der Waals surface area contributed by atoms with Crippen LogP contribution >= 0.6 is 0 Å². The molecule has 57 heavy (non-hydrogen) atoms. The van der Waals surface area contributed by atoms with Gasteiger partial charge in [0.25, 0.3) is 0 Å². The Hall–Kier alpha value is -7.44. The van der Waals surface area contributed by atoms with Gasteiger partial charge in [-0.3, -0.25) is 0 Å². The molecule has 6 nitrogen and oxygen atoms in total. The molecule has 7 aromatic carbocycles. The molecule has 270 valence electrons. The Kier molecular flexibility index (Phi) is 7.01. The second kappa shape index (κ2) is 12.5. The van der Waals surface area contributed by atoms with Gasteiger partial charge in [0, 0.05) is 60.6 Å². The van der Waals surface area contributed by atoms with Gasteiger partial charge in [-0.1, -0.05) is 133 Å². The lowest BCUT2D eigenvalue weighted by Crippen LogP contribution is -2.36. The molecule has 1 atom stereocenters. The van der Waals surface area contributed by atoms with Crippen LogP contribution in [0.5, 0.6) is 0 Å². The van der Waals surface area contributed by atoms with Crippen molar-refractivity contribution in [3.63, 3.8) is 0 Å². The number of amidine groups is 2. The molecular formula is C51H34N4O2. The molecule has 0 bridgehead atoms. The van der Waals surface area contributed by atoms with Crippen molar-refractivity contribution in [3.05, 3.63) is 186 Å². The number of fused-ring (bicyclic) bond motifs is 9. The Morgan fingerprint density at radius 2 is 1.30 bits per heavy atom. The Bertz CT molecular complexity index is 3390. The number of furan rings is 2. The van der Waals surface area contributed by atoms with Gasteiger partial charge in [-0.15, -0.1) is 0 Å². The first-order valence-electron chi connectivity index (χ1n) is 19.5. The molecule has 0 saturated heterocycles. The highest BCUT2D eigenvalue weighted by Gasteiger charge is 2.26. The number of aliphatic imine (C=N–C) groups is 2. The minimum atomic E-state index is -0.281. The molecule has 10 aromatic rings. The maximum absolute atomic E-state index is 6.89. The molecule has 0 saturated carbocycles. The number of aromatic nitrogens is 1. The van der Waals surface area contributed by atoms with Gasteiger partial charge in [0.05, 0.1) is 11.0 Å². The Balaban J connectivity index is 1.03. The van der Waals surface area contributed by atoms with Crippen LogP contribution in [0, 0.1) is 0 Å². The van der Waals surface area contributed by atoms with E-state index in [1.165, 1.54) is 21.8 Å². The van der Waals surface area contributed by atoms with E-state index in [1.54, 1.807) is 0 Å². The molecule has 0 amide bonds. The van der Waals surface area contributed by atoms with E-state index in [0.29, 0.717) is 5.84 Å². The minimum Gasteiger partial charge on any atom is -0.456 e. The largest absolute Gasteiger partial charge is 0.456 e. The van der Waals surface area contributed by atoms with Crippen molar-refractivity contribution in [2.24, 2.45) is 9.98 Å². The first-order valence-corrected chi connectivity index (χ1v) is 19.5. The van der Waals surface area contributed by atoms with Crippen LogP contribution in [-0.4, -0.2) is 16.2 Å². The van der Waals surface area contributed by atoms with Crippen molar-refractivity contribution < 1.29 is 8.83 Å². The summed E-state index contributed by atoms with van der Waals surface area (Å²) in [6.45, 7) is 0. The first-order chi connectivity index (χ1) is 28.3. The lowest BCUT2D eigenvalue weighted by molar-refractivity contribution is 0.569. The summed E-state index contributed by atoms with van der Waals surface area (Å²) in [5.41, 5.74) is 12.0. The Labute approximate surface area is 327 Å². The second-order valence-electron chi connectivity index (χ2n) is 14.8. The van der Waals surface area contributed by atoms with Crippen molar-refractivity contribution in [2.75, 3.05) is 0 Å². The normalized spacial score (nSPS) is 15.5. The lowest BCUT2D eigenvalue weighted by Gasteiger charge is -2.24. The predicted molar refractivity (Wildman–Crippen MR) is 232 cm³/mol. The Morgan fingerprint density at radius 3 is 2.11 bits per heavy atom. The van der Waals surface area contributed by atoms with Gasteiger partial charge in [0.15, 0.2) is 5.84 Å². The number of hydrogen-bond acceptors (Lipinski definition) is 5. The topological polar surface area (TPSA) is 68.0 Å². The smallest absolute Gasteiger partial charge is 0.159 e. The van der Waals surface area contributed by atoms with Crippen LogP contribution < -0.4 is 16.0 Å². The van der Waals surface area contributed by atoms with Crippen molar-refractivity contribution in [3.8, 4) is 16.8 Å². The SMILES string of the molecule is C1=c2c(oc3cccc(-c4cccc5c4oc4cc(-n6c7ccccc7c7ccccc76)ccc45)c23)=C(C2=NC(c3ccccc3)NC(c3ccccc3)=N2)CC1. The third-order valence-electron chi connectivity index (χ3n) is 11.6. The molecule has 12 rings (SSSR count). The summed E-state index contributed by atoms with van der Waals surface area (Å²) in [5, 5.41) is 10.4. The Morgan fingerprint density at radius 1 is 0.596 bits per heavy atom. The zero-order chi connectivity index (χ0) is 37.5. The fourth-order valence-corrected chi connectivity index (χ4v) is 8.98. The molecule has 1 N–H and O–H groups in total. The van der Waals surface area contributed by atoms with Gasteiger partial charge < -0.3 is 18.7 Å². The summed E-state index contributed by atoms with van der Waals surface area (Å²) in [6, 6.07) is 57.2. The van der Waals surface area contributed by atoms with Gasteiger partial charge in [-0.05, 0) is 54.3 Å². The number of para-hydroxylation sites is 3. The van der Waals surface area contributed by atoms with Crippen LogP contribution in [-0.2, 0) is 0 Å². The minimum absolute atomic E-state index is 0.281. The molecule has 4 heterocycles. The maximum Gasteiger partial charge on any atom is 0.159 e. The van der Waals surface area contributed by atoms with Crippen molar-refractivity contribution in [1.29, 1.82) is 0 Å². The number of nitrogens with one attached hydrogen (secondary N) is 1. The van der Waals surface area contributed by atoms with Crippen LogP contribution in [0.3, 0.4) is 0 Å². The van der Waals surface area contributed by atoms with E-state index in [-0.39, 0.29) is 6.17 Å². The van der Waals surface area contributed by atoms with Crippen molar-refractivity contribution in [1.82, 2.24) is 9.88 Å². The van der Waals surface area contributed by atoms with E-state index < -0.39 is 0 Å². The van der Waals surface area contributed by atoms with Crippen LogP contribution in [0.25, 0.3) is 83.2 Å². The molecule has 0 fully saturated rings. The van der Waals surface area contributed by atoms with Crippen LogP contribution in [0.2, 0.25) is 0 Å². The third kappa shape index (κ3) is 4.97. The summed E-state index contributed by atoms with van der Waals surface area (Å²) >= 11 is 0. The van der Waals surface area contributed by atoms with Crippen molar-refractivity contribution >= 4 is 78.0 Å². The highest BCUT2D eigenvalue weighted by Crippen LogP contribution is 2.40. The number of benzene rings is 7. The number of hydrogen-bond donors (Lipinski definition) is 1. The van der Waals surface area contributed by atoms with E-state index >= 15 is 0 Å². The highest BCUT2D eigenvalue weighted by molar-refractivity contribution is 6.24. The van der Waals surface area contributed by atoms with Crippen molar-refractivity contribution in [2.45, 2.75) is 19.0 Å². The first kappa shape index (κ1) is 31.9. The quantitative estimate of drug-likeness (QED) is 0.191. The average molecular weight is 735 g/mol. The number of rotatable bonds is 5. The fraction of sp³-hybridized carbons (Fsp3) is 0.0588. The molecule has 0 spiro atoms. The monoisotopic (exact) mass is 734 g/mol. The molecule has 2 aliphatic rings. The molecule has 6 heteroatoms. The highest BCUT2D eigenvalue weighted by atomic mass is 16.3. The lowest BCUT2D eigenvalue weighted by atomic mass is 9.96. The second-order valence-corrected chi connectivity index (χ2v) is 14.8. The maximum atomic E-state index is 6.89. The molecule has 0 radical (unpaired) electrons. The molecule has 1 unspecified atom stereocenters. The van der Waals surface area contributed by atoms with E-state index in [1.807, 2.05) is 24.3 Å². The van der Waals surface area contributed by atoms with Crippen LogP contribution in [0.15, 0.2) is 183 Å². The molecule has 1 aliphatic carbocycles. The van der Waals surface area contributed by atoms with E-state index in [4.69, 9.17) is 18.8 Å². The molecule has 1 aliphatic heterocycles. The summed E-state index contributed by atoms with van der Waals surface area (Å²) < 4.78 is 16.1.